The molecule has 0 heteroatoms. The minimum Gasteiger partial charge on any atom is -0.0654 e. The van der Waals surface area contributed by atoms with Crippen molar-refractivity contribution in [3.63, 3.8) is 0 Å². The Labute approximate surface area is 434 Å². The fourth-order valence-corrected chi connectivity index (χ4v) is 14.2. The normalized spacial score (nSPS) is 32.5. The zero-order valence-electron chi connectivity index (χ0n) is 51.2. The average molecular weight is 954 g/mol. The van der Waals surface area contributed by atoms with Gasteiger partial charge in [0.1, 0.15) is 0 Å². The van der Waals surface area contributed by atoms with Crippen LogP contribution in [0.2, 0.25) is 0 Å². The third-order valence-electron chi connectivity index (χ3n) is 21.8. The molecule has 7 fully saturated rings. The largest absolute Gasteiger partial charge is 0.0654 e. The van der Waals surface area contributed by atoms with Gasteiger partial charge in [0.2, 0.25) is 0 Å². The molecule has 0 amide bonds. The summed E-state index contributed by atoms with van der Waals surface area (Å²) in [6, 6.07) is 0. The molecule has 0 aliphatic heterocycles. The van der Waals surface area contributed by atoms with Gasteiger partial charge in [-0.15, -0.1) is 0 Å². The van der Waals surface area contributed by atoms with Gasteiger partial charge in [0.05, 0.1) is 0 Å². The second-order valence-electron chi connectivity index (χ2n) is 28.6. The zero-order chi connectivity index (χ0) is 51.2. The minimum absolute atomic E-state index is 0.679. The summed E-state index contributed by atoms with van der Waals surface area (Å²) in [5, 5.41) is 0. The van der Waals surface area contributed by atoms with Crippen LogP contribution in [0.15, 0.2) is 0 Å². The van der Waals surface area contributed by atoms with E-state index >= 15 is 0 Å². The van der Waals surface area contributed by atoms with Gasteiger partial charge in [-0.05, 0) is 152 Å². The molecule has 408 valence electrons. The van der Waals surface area contributed by atoms with Crippen LogP contribution in [0.25, 0.3) is 0 Å². The van der Waals surface area contributed by atoms with E-state index in [9.17, 15) is 0 Å². The molecular weight excluding hydrogens is 817 g/mol. The van der Waals surface area contributed by atoms with Crippen molar-refractivity contribution in [3.8, 4) is 0 Å². The topological polar surface area (TPSA) is 0 Å². The van der Waals surface area contributed by atoms with Crippen LogP contribution in [0.1, 0.15) is 381 Å². The summed E-state index contributed by atoms with van der Waals surface area (Å²) in [6.45, 7) is 40.6. The van der Waals surface area contributed by atoms with Gasteiger partial charge < -0.3 is 0 Å². The lowest BCUT2D eigenvalue weighted by Crippen LogP contribution is -2.27. The second-order valence-corrected chi connectivity index (χ2v) is 28.6. The Bertz CT molecular complexity index is 1090. The van der Waals surface area contributed by atoms with E-state index in [4.69, 9.17) is 0 Å². The van der Waals surface area contributed by atoms with E-state index in [1.54, 1.807) is 0 Å². The maximum absolute atomic E-state index is 2.47. The first kappa shape index (κ1) is 66.0. The Hall–Kier alpha value is 0. The van der Waals surface area contributed by atoms with E-state index in [0.717, 1.165) is 39.4 Å². The van der Waals surface area contributed by atoms with E-state index in [1.807, 2.05) is 0 Å². The molecule has 7 aliphatic carbocycles. The first-order valence-electron chi connectivity index (χ1n) is 32.1. The van der Waals surface area contributed by atoms with Crippen LogP contribution in [0, 0.1) is 55.7 Å². The van der Waals surface area contributed by atoms with Crippen molar-refractivity contribution in [2.24, 2.45) is 55.7 Å². The van der Waals surface area contributed by atoms with Crippen LogP contribution in [0.5, 0.6) is 0 Å². The van der Waals surface area contributed by atoms with E-state index in [-0.39, 0.29) is 0 Å². The van der Waals surface area contributed by atoms with E-state index in [2.05, 4.69) is 118 Å². The SMILES string of the molecule is CCC1(C)CCC(C)CC1.CCC1(C)CCCC(C)C1.CCC1(C)CCCCC1.CCC1(C)CCCCC1.CCC1(C)CCCCC1C.CCCC1(C)CCCCC1.CCCC1(C)CCCCC1. The van der Waals surface area contributed by atoms with Gasteiger partial charge in [-0.2, -0.15) is 0 Å². The second kappa shape index (κ2) is 34.5. The van der Waals surface area contributed by atoms with Crippen LogP contribution < -0.4 is 0 Å². The van der Waals surface area contributed by atoms with E-state index in [1.165, 1.54) is 263 Å². The highest BCUT2D eigenvalue weighted by atomic mass is 14.4. The summed E-state index contributed by atoms with van der Waals surface area (Å²) in [4.78, 5) is 0. The summed E-state index contributed by atoms with van der Waals surface area (Å²) in [5.41, 5.74) is 4.97. The van der Waals surface area contributed by atoms with Crippen LogP contribution in [0.4, 0.5) is 0 Å². The fourth-order valence-electron chi connectivity index (χ4n) is 14.2. The van der Waals surface area contributed by atoms with Gasteiger partial charge in [-0.1, -0.05) is 285 Å². The molecule has 7 aliphatic rings. The molecule has 4 atom stereocenters. The first-order valence-corrected chi connectivity index (χ1v) is 32.1. The standard InChI is InChI=1S/5C10H20.2C9H18/c1-4-10(3)7-5-9(2)6-8-10;1-4-10(3)7-5-6-9(2)8-10;1-4-10(3)8-6-5-7-9(10)2;2*1-3-7-10(2)8-5-4-6-9-10;2*1-3-9(2)7-5-4-6-8-9/h3*9H,4-8H2,1-3H3;2*3-9H2,1-2H3;2*3-8H2,1-2H3. The summed E-state index contributed by atoms with van der Waals surface area (Å²) in [7, 11) is 0. The molecule has 0 N–H and O–H groups in total. The molecule has 7 saturated carbocycles. The molecule has 0 bridgehead atoms. The Morgan fingerprint density at radius 2 is 0.603 bits per heavy atom. The molecule has 0 aromatic rings. The van der Waals surface area contributed by atoms with Crippen molar-refractivity contribution >= 4 is 0 Å². The van der Waals surface area contributed by atoms with Crippen LogP contribution in [-0.4, -0.2) is 0 Å². The number of hydrogen-bond acceptors (Lipinski definition) is 0. The molecule has 0 heterocycles. The van der Waals surface area contributed by atoms with Crippen molar-refractivity contribution in [1.82, 2.24) is 0 Å². The van der Waals surface area contributed by atoms with Gasteiger partial charge in [0.15, 0.2) is 0 Å². The maximum atomic E-state index is 2.47. The zero-order valence-corrected chi connectivity index (χ0v) is 51.2. The van der Waals surface area contributed by atoms with Gasteiger partial charge in [-0.25, -0.2) is 0 Å². The minimum atomic E-state index is 0.679. The molecule has 68 heavy (non-hydrogen) atoms. The molecule has 0 aromatic carbocycles. The molecule has 0 saturated heterocycles. The average Bonchev–Trinajstić information content (AvgIpc) is 3.33. The van der Waals surface area contributed by atoms with Gasteiger partial charge in [0.25, 0.3) is 0 Å². The van der Waals surface area contributed by atoms with Crippen molar-refractivity contribution in [1.29, 1.82) is 0 Å². The Balaban J connectivity index is 0.000000397. The monoisotopic (exact) mass is 953 g/mol. The van der Waals surface area contributed by atoms with Gasteiger partial charge >= 0.3 is 0 Å². The van der Waals surface area contributed by atoms with Crippen molar-refractivity contribution in [2.45, 2.75) is 381 Å². The predicted octanol–water partition coefficient (Wildman–Crippen LogP) is 25.1. The maximum Gasteiger partial charge on any atom is -0.0303 e. The van der Waals surface area contributed by atoms with Gasteiger partial charge in [0, 0.05) is 0 Å². The van der Waals surface area contributed by atoms with E-state index in [0.29, 0.717) is 16.2 Å². The Kier molecular flexibility index (Phi) is 33.5. The lowest BCUT2D eigenvalue weighted by Gasteiger charge is -2.39. The Morgan fingerprint density at radius 3 is 0.868 bits per heavy atom. The third kappa shape index (κ3) is 27.3. The summed E-state index contributed by atoms with van der Waals surface area (Å²) in [6.07, 6.45) is 59.7. The highest BCUT2D eigenvalue weighted by Crippen LogP contribution is 2.45. The third-order valence-corrected chi connectivity index (χ3v) is 21.8. The summed E-state index contributed by atoms with van der Waals surface area (Å²) < 4.78 is 0. The smallest absolute Gasteiger partial charge is 0.0303 e. The summed E-state index contributed by atoms with van der Waals surface area (Å²) >= 11 is 0. The highest BCUT2D eigenvalue weighted by molar-refractivity contribution is 4.84. The Morgan fingerprint density at radius 1 is 0.279 bits per heavy atom. The molecule has 0 spiro atoms. The van der Waals surface area contributed by atoms with Gasteiger partial charge in [-0.3, -0.25) is 0 Å². The lowest BCUT2D eigenvalue weighted by atomic mass is 9.67. The molecular formula is C68H136. The lowest BCUT2D eigenvalue weighted by molar-refractivity contribution is 0.125. The predicted molar refractivity (Wildman–Crippen MR) is 313 cm³/mol. The molecule has 0 radical (unpaired) electrons. The molecule has 0 aromatic heterocycles. The quantitative estimate of drug-likeness (QED) is 0.216. The molecule has 7 rings (SSSR count). The van der Waals surface area contributed by atoms with Crippen molar-refractivity contribution in [2.75, 3.05) is 0 Å². The number of rotatable bonds is 9. The summed E-state index contributed by atoms with van der Waals surface area (Å²) in [5.74, 6) is 2.95. The van der Waals surface area contributed by atoms with Crippen LogP contribution >= 0.6 is 0 Å². The van der Waals surface area contributed by atoms with Crippen LogP contribution in [0.3, 0.4) is 0 Å². The highest BCUT2D eigenvalue weighted by Gasteiger charge is 2.32. The first-order chi connectivity index (χ1) is 32.1. The van der Waals surface area contributed by atoms with E-state index < -0.39 is 0 Å². The molecule has 0 nitrogen and oxygen atoms in total. The van der Waals surface area contributed by atoms with Crippen LogP contribution in [-0.2, 0) is 0 Å². The molecule has 4 unspecified atom stereocenters. The number of hydrogen-bond donors (Lipinski definition) is 0. The fraction of sp³-hybridized carbons (Fsp3) is 1.00. The van der Waals surface area contributed by atoms with Crippen molar-refractivity contribution < 1.29 is 0 Å². The van der Waals surface area contributed by atoms with Crippen molar-refractivity contribution in [3.05, 3.63) is 0 Å².